The molecule has 0 heterocycles. The molecule has 0 aliphatic carbocycles. The molecule has 0 unspecified atom stereocenters. The van der Waals surface area contributed by atoms with Gasteiger partial charge in [-0.2, -0.15) is 0 Å². The first-order chi connectivity index (χ1) is 16.3. The molecule has 6 nitrogen and oxygen atoms in total. The Balaban J connectivity index is 1.63. The van der Waals surface area contributed by atoms with Gasteiger partial charge in [-0.25, -0.2) is 4.79 Å². The molecule has 0 fully saturated rings. The normalized spacial score (nSPS) is 10.5. The van der Waals surface area contributed by atoms with Gasteiger partial charge in [0.05, 0.1) is 5.56 Å². The Bertz CT molecular complexity index is 1320. The van der Waals surface area contributed by atoms with Gasteiger partial charge in [0, 0.05) is 48.0 Å². The fraction of sp³-hybridized carbons (Fsp3) is 0.0714. The molecule has 0 aliphatic rings. The first-order valence-electron chi connectivity index (χ1n) is 10.7. The first kappa shape index (κ1) is 22.6. The molecular weight excluding hydrogens is 428 g/mol. The molecule has 0 aromatic heterocycles. The summed E-state index contributed by atoms with van der Waals surface area (Å²) in [6.45, 7) is 0. The molecule has 170 valence electrons. The third kappa shape index (κ3) is 4.76. The Hall–Kier alpha value is -4.58. The number of carboxylic acid groups (broad SMARTS) is 1. The number of rotatable bonds is 7. The van der Waals surface area contributed by atoms with Crippen LogP contribution in [0.3, 0.4) is 0 Å². The number of carbonyl (C=O) groups is 2. The minimum atomic E-state index is -1.09. The van der Waals surface area contributed by atoms with Crippen molar-refractivity contribution < 1.29 is 19.8 Å². The second kappa shape index (κ2) is 9.50. The minimum absolute atomic E-state index is 0.0484. The Morgan fingerprint density at radius 3 is 1.68 bits per heavy atom. The predicted molar refractivity (Wildman–Crippen MR) is 134 cm³/mol. The second-order valence-corrected chi connectivity index (χ2v) is 7.92. The number of carbonyl (C=O) groups excluding carboxylic acids is 1. The van der Waals surface area contributed by atoms with Gasteiger partial charge >= 0.3 is 5.97 Å². The average molecular weight is 453 g/mol. The van der Waals surface area contributed by atoms with Gasteiger partial charge in [0.1, 0.15) is 5.75 Å². The molecular formula is C28H24N2O4. The van der Waals surface area contributed by atoms with E-state index < -0.39 is 5.97 Å². The van der Waals surface area contributed by atoms with Gasteiger partial charge < -0.3 is 20.0 Å². The van der Waals surface area contributed by atoms with Gasteiger partial charge in [0.25, 0.3) is 0 Å². The Morgan fingerprint density at radius 1 is 0.588 bits per heavy atom. The van der Waals surface area contributed by atoms with Crippen molar-refractivity contribution in [1.82, 2.24) is 0 Å². The van der Waals surface area contributed by atoms with Gasteiger partial charge in [-0.1, -0.05) is 18.2 Å². The summed E-state index contributed by atoms with van der Waals surface area (Å²) in [7, 11) is 3.73. The SMILES string of the molecule is CN(c1ccc(O)cc1)c1ccc(C(=O)c2cc(C(=O)O)cc(N(C)c3ccccc3)c2)cc1. The maximum absolute atomic E-state index is 13.3. The van der Waals surface area contributed by atoms with Crippen molar-refractivity contribution in [1.29, 1.82) is 0 Å². The molecule has 4 aromatic rings. The molecule has 4 aromatic carbocycles. The van der Waals surface area contributed by atoms with E-state index in [1.54, 1.807) is 48.5 Å². The lowest BCUT2D eigenvalue weighted by molar-refractivity contribution is 0.0697. The number of nitrogens with zero attached hydrogens (tertiary/aromatic N) is 2. The molecule has 0 aliphatic heterocycles. The highest BCUT2D eigenvalue weighted by Crippen LogP contribution is 2.28. The predicted octanol–water partition coefficient (Wildman–Crippen LogP) is 5.86. The monoisotopic (exact) mass is 452 g/mol. The van der Waals surface area contributed by atoms with Crippen LogP contribution in [0.2, 0.25) is 0 Å². The van der Waals surface area contributed by atoms with Crippen molar-refractivity contribution in [3.8, 4) is 5.75 Å². The smallest absolute Gasteiger partial charge is 0.335 e. The largest absolute Gasteiger partial charge is 0.508 e. The third-order valence-corrected chi connectivity index (χ3v) is 5.71. The summed E-state index contributed by atoms with van der Waals surface area (Å²) < 4.78 is 0. The molecule has 0 atom stereocenters. The van der Waals surface area contributed by atoms with Crippen LogP contribution in [0.25, 0.3) is 0 Å². The summed E-state index contributed by atoms with van der Waals surface area (Å²) in [6, 6.07) is 28.1. The van der Waals surface area contributed by atoms with E-state index in [4.69, 9.17) is 0 Å². The number of ketones is 1. The average Bonchev–Trinajstić information content (AvgIpc) is 2.88. The van der Waals surface area contributed by atoms with Gasteiger partial charge in [-0.3, -0.25) is 4.79 Å². The summed E-state index contributed by atoms with van der Waals surface area (Å²) in [5.41, 5.74) is 4.05. The van der Waals surface area contributed by atoms with Crippen molar-refractivity contribution in [3.63, 3.8) is 0 Å². The molecule has 34 heavy (non-hydrogen) atoms. The Morgan fingerprint density at radius 2 is 1.09 bits per heavy atom. The fourth-order valence-electron chi connectivity index (χ4n) is 3.69. The van der Waals surface area contributed by atoms with Crippen LogP contribution in [0, 0.1) is 0 Å². The lowest BCUT2D eigenvalue weighted by atomic mass is 9.99. The summed E-state index contributed by atoms with van der Waals surface area (Å²) in [4.78, 5) is 28.8. The van der Waals surface area contributed by atoms with Gasteiger partial charge in [0.2, 0.25) is 0 Å². The summed E-state index contributed by atoms with van der Waals surface area (Å²) in [5, 5.41) is 19.1. The van der Waals surface area contributed by atoms with E-state index >= 15 is 0 Å². The first-order valence-corrected chi connectivity index (χ1v) is 10.7. The fourth-order valence-corrected chi connectivity index (χ4v) is 3.69. The highest BCUT2D eigenvalue weighted by molar-refractivity contribution is 6.10. The molecule has 2 N–H and O–H groups in total. The molecule has 0 saturated heterocycles. The van der Waals surface area contributed by atoms with E-state index in [1.807, 2.05) is 66.4 Å². The molecule has 0 spiro atoms. The number of aromatic hydroxyl groups is 1. The van der Waals surface area contributed by atoms with E-state index in [-0.39, 0.29) is 17.1 Å². The molecule has 0 amide bonds. The number of anilines is 4. The molecule has 6 heteroatoms. The van der Waals surface area contributed by atoms with Gasteiger partial charge in [0.15, 0.2) is 5.78 Å². The zero-order valence-electron chi connectivity index (χ0n) is 18.8. The van der Waals surface area contributed by atoms with Crippen molar-refractivity contribution in [2.45, 2.75) is 0 Å². The number of phenols is 1. The molecule has 4 rings (SSSR count). The van der Waals surface area contributed by atoms with Crippen LogP contribution in [0.4, 0.5) is 22.7 Å². The Kier molecular flexibility index (Phi) is 6.32. The van der Waals surface area contributed by atoms with Crippen LogP contribution in [-0.2, 0) is 0 Å². The number of carboxylic acids is 1. The number of hydrogen-bond acceptors (Lipinski definition) is 5. The zero-order chi connectivity index (χ0) is 24.2. The van der Waals surface area contributed by atoms with Crippen LogP contribution >= 0.6 is 0 Å². The van der Waals surface area contributed by atoms with Crippen LogP contribution in [0.1, 0.15) is 26.3 Å². The summed E-state index contributed by atoms with van der Waals surface area (Å²) in [6.07, 6.45) is 0. The van der Waals surface area contributed by atoms with Gasteiger partial charge in [-0.15, -0.1) is 0 Å². The Labute approximate surface area is 197 Å². The number of para-hydroxylation sites is 1. The highest BCUT2D eigenvalue weighted by Gasteiger charge is 2.17. The maximum Gasteiger partial charge on any atom is 0.335 e. The lowest BCUT2D eigenvalue weighted by Gasteiger charge is -2.21. The summed E-state index contributed by atoms with van der Waals surface area (Å²) in [5.74, 6) is -1.16. The molecule has 0 radical (unpaired) electrons. The van der Waals surface area contributed by atoms with E-state index in [9.17, 15) is 19.8 Å². The van der Waals surface area contributed by atoms with Crippen molar-refractivity contribution in [2.75, 3.05) is 23.9 Å². The van der Waals surface area contributed by atoms with E-state index in [1.165, 1.54) is 6.07 Å². The van der Waals surface area contributed by atoms with Crippen molar-refractivity contribution in [3.05, 3.63) is 114 Å². The molecule has 0 saturated carbocycles. The second-order valence-electron chi connectivity index (χ2n) is 7.92. The third-order valence-electron chi connectivity index (χ3n) is 5.71. The maximum atomic E-state index is 13.3. The topological polar surface area (TPSA) is 81.1 Å². The van der Waals surface area contributed by atoms with Crippen molar-refractivity contribution in [2.24, 2.45) is 0 Å². The van der Waals surface area contributed by atoms with Crippen LogP contribution < -0.4 is 9.80 Å². The zero-order valence-corrected chi connectivity index (χ0v) is 18.8. The lowest BCUT2D eigenvalue weighted by Crippen LogP contribution is -2.13. The number of phenolic OH excluding ortho intramolecular Hbond substituents is 1. The highest BCUT2D eigenvalue weighted by atomic mass is 16.4. The number of aromatic carboxylic acids is 1. The standard InChI is InChI=1S/C28H24N2O4/c1-29(24-12-14-26(31)15-13-24)23-10-8-19(9-11-23)27(32)20-16-21(28(33)34)18-25(17-20)30(2)22-6-4-3-5-7-22/h3-18,31H,1-2H3,(H,33,34). The van der Waals surface area contributed by atoms with Crippen molar-refractivity contribution >= 4 is 34.5 Å². The van der Waals surface area contributed by atoms with Crippen LogP contribution in [-0.4, -0.2) is 36.1 Å². The van der Waals surface area contributed by atoms with E-state index in [0.717, 1.165) is 17.1 Å². The number of hydrogen-bond donors (Lipinski definition) is 2. The van der Waals surface area contributed by atoms with E-state index in [0.29, 0.717) is 16.8 Å². The molecule has 0 bridgehead atoms. The van der Waals surface area contributed by atoms with Crippen LogP contribution in [0.5, 0.6) is 5.75 Å². The van der Waals surface area contributed by atoms with Gasteiger partial charge in [-0.05, 0) is 78.9 Å². The minimum Gasteiger partial charge on any atom is -0.508 e. The summed E-state index contributed by atoms with van der Waals surface area (Å²) >= 11 is 0. The van der Waals surface area contributed by atoms with E-state index in [2.05, 4.69) is 0 Å². The van der Waals surface area contributed by atoms with Crippen LogP contribution in [0.15, 0.2) is 97.1 Å². The quantitative estimate of drug-likeness (QED) is 0.342. The number of benzene rings is 4.